The van der Waals surface area contributed by atoms with Gasteiger partial charge in [-0.25, -0.2) is 9.97 Å². The van der Waals surface area contributed by atoms with Crippen LogP contribution in [0.3, 0.4) is 0 Å². The third-order valence-electron chi connectivity index (χ3n) is 4.62. The van der Waals surface area contributed by atoms with Crippen LogP contribution in [0.2, 0.25) is 5.02 Å². The largest absolute Gasteiger partial charge is 0.309 e. The Labute approximate surface area is 176 Å². The SMILES string of the molecule is Cn1nccc1Nc1nccc(-c2ccn3c(Cc4ccc(Cl)cn4)nnc3c2)n1. The Bertz CT molecular complexity index is 1320. The zero-order chi connectivity index (χ0) is 20.5. The number of pyridine rings is 2. The van der Waals surface area contributed by atoms with E-state index in [-0.39, 0.29) is 0 Å². The van der Waals surface area contributed by atoms with E-state index in [0.717, 1.165) is 34.2 Å². The van der Waals surface area contributed by atoms with Crippen molar-refractivity contribution >= 4 is 29.0 Å². The van der Waals surface area contributed by atoms with Crippen molar-refractivity contribution in [3.63, 3.8) is 0 Å². The molecule has 0 aromatic carbocycles. The predicted molar refractivity (Wildman–Crippen MR) is 113 cm³/mol. The summed E-state index contributed by atoms with van der Waals surface area (Å²) in [5, 5.41) is 16.5. The number of halogens is 1. The highest BCUT2D eigenvalue weighted by molar-refractivity contribution is 6.30. The number of rotatable bonds is 5. The molecule has 0 amide bonds. The van der Waals surface area contributed by atoms with E-state index in [1.54, 1.807) is 23.3 Å². The van der Waals surface area contributed by atoms with Gasteiger partial charge < -0.3 is 5.32 Å². The van der Waals surface area contributed by atoms with Crippen LogP contribution in [0, 0.1) is 0 Å². The highest BCUT2D eigenvalue weighted by atomic mass is 35.5. The Balaban J connectivity index is 1.42. The minimum absolute atomic E-state index is 0.493. The number of fused-ring (bicyclic) bond motifs is 1. The van der Waals surface area contributed by atoms with Crippen LogP contribution in [-0.4, -0.2) is 39.3 Å². The van der Waals surface area contributed by atoms with E-state index in [1.165, 1.54) is 0 Å². The second kappa shape index (κ2) is 7.53. The topological polar surface area (TPSA) is 98.7 Å². The Morgan fingerprint density at radius 1 is 1.03 bits per heavy atom. The summed E-state index contributed by atoms with van der Waals surface area (Å²) in [4.78, 5) is 13.2. The first-order valence-corrected chi connectivity index (χ1v) is 9.56. The molecule has 0 aliphatic rings. The number of hydrogen-bond acceptors (Lipinski definition) is 7. The van der Waals surface area contributed by atoms with Crippen LogP contribution in [0.4, 0.5) is 11.8 Å². The molecule has 0 spiro atoms. The first-order chi connectivity index (χ1) is 14.7. The summed E-state index contributed by atoms with van der Waals surface area (Å²) in [6.45, 7) is 0. The molecule has 148 valence electrons. The summed E-state index contributed by atoms with van der Waals surface area (Å²) < 4.78 is 3.66. The van der Waals surface area contributed by atoms with Gasteiger partial charge in [-0.15, -0.1) is 10.2 Å². The van der Waals surface area contributed by atoms with Crippen LogP contribution in [0.15, 0.2) is 61.2 Å². The average Bonchev–Trinajstić information content (AvgIpc) is 3.35. The van der Waals surface area contributed by atoms with Gasteiger partial charge in [-0.05, 0) is 30.3 Å². The van der Waals surface area contributed by atoms with Crippen molar-refractivity contribution in [2.45, 2.75) is 6.42 Å². The molecule has 5 aromatic heterocycles. The fourth-order valence-corrected chi connectivity index (χ4v) is 3.20. The molecular weight excluding hydrogens is 402 g/mol. The van der Waals surface area contributed by atoms with Crippen molar-refractivity contribution in [3.8, 4) is 11.3 Å². The number of anilines is 2. The molecule has 5 aromatic rings. The second-order valence-electron chi connectivity index (χ2n) is 6.63. The van der Waals surface area contributed by atoms with Gasteiger partial charge in [0, 0.05) is 43.0 Å². The Hall–Kier alpha value is -3.85. The molecular formula is C20H16ClN9. The average molecular weight is 418 g/mol. The maximum Gasteiger partial charge on any atom is 0.228 e. The molecule has 0 atom stereocenters. The molecule has 5 rings (SSSR count). The van der Waals surface area contributed by atoms with Gasteiger partial charge in [0.25, 0.3) is 0 Å². The zero-order valence-corrected chi connectivity index (χ0v) is 16.7. The number of nitrogens with zero attached hydrogens (tertiary/aromatic N) is 8. The number of hydrogen-bond donors (Lipinski definition) is 1. The third kappa shape index (κ3) is 3.58. The normalized spacial score (nSPS) is 11.1. The molecule has 9 nitrogen and oxygen atoms in total. The summed E-state index contributed by atoms with van der Waals surface area (Å²) in [6, 6.07) is 11.3. The van der Waals surface area contributed by atoms with Crippen LogP contribution in [0.25, 0.3) is 16.9 Å². The van der Waals surface area contributed by atoms with Crippen molar-refractivity contribution < 1.29 is 0 Å². The molecule has 1 N–H and O–H groups in total. The van der Waals surface area contributed by atoms with Gasteiger partial charge in [0.05, 0.1) is 23.3 Å². The predicted octanol–water partition coefficient (Wildman–Crippen LogP) is 3.30. The van der Waals surface area contributed by atoms with Gasteiger partial charge in [-0.1, -0.05) is 11.6 Å². The van der Waals surface area contributed by atoms with Crippen molar-refractivity contribution in [2.24, 2.45) is 7.05 Å². The van der Waals surface area contributed by atoms with Crippen LogP contribution in [0.5, 0.6) is 0 Å². The van der Waals surface area contributed by atoms with Gasteiger partial charge in [0.1, 0.15) is 11.6 Å². The van der Waals surface area contributed by atoms with E-state index in [4.69, 9.17) is 11.6 Å². The molecule has 0 saturated carbocycles. The fourth-order valence-electron chi connectivity index (χ4n) is 3.08. The van der Waals surface area contributed by atoms with Crippen LogP contribution in [-0.2, 0) is 13.5 Å². The standard InChI is InChI=1S/C20H16ClN9/c1-29-17(5-8-24-29)26-20-22-7-4-16(25-20)13-6-9-30-18(10-13)27-28-19(30)11-15-3-2-14(21)12-23-15/h2-10,12H,11H2,1H3,(H,22,25,26). The lowest BCUT2D eigenvalue weighted by Crippen LogP contribution is -2.03. The third-order valence-corrected chi connectivity index (χ3v) is 4.84. The van der Waals surface area contributed by atoms with E-state index >= 15 is 0 Å². The lowest BCUT2D eigenvalue weighted by atomic mass is 10.2. The molecule has 30 heavy (non-hydrogen) atoms. The van der Waals surface area contributed by atoms with Crippen LogP contribution >= 0.6 is 11.6 Å². The van der Waals surface area contributed by atoms with E-state index in [1.807, 2.05) is 54.0 Å². The monoisotopic (exact) mass is 417 g/mol. The molecule has 0 radical (unpaired) electrons. The first-order valence-electron chi connectivity index (χ1n) is 9.18. The van der Waals surface area contributed by atoms with E-state index in [2.05, 4.69) is 35.6 Å². The summed E-state index contributed by atoms with van der Waals surface area (Å²) in [5.74, 6) is 2.10. The van der Waals surface area contributed by atoms with Gasteiger partial charge in [-0.2, -0.15) is 5.10 Å². The molecule has 0 bridgehead atoms. The Kier molecular flexibility index (Phi) is 4.56. The first kappa shape index (κ1) is 18.2. The minimum atomic E-state index is 0.493. The molecule has 0 aliphatic carbocycles. The van der Waals surface area contributed by atoms with E-state index < -0.39 is 0 Å². The van der Waals surface area contributed by atoms with E-state index in [0.29, 0.717) is 17.4 Å². The van der Waals surface area contributed by atoms with E-state index in [9.17, 15) is 0 Å². The molecule has 10 heteroatoms. The lowest BCUT2D eigenvalue weighted by molar-refractivity contribution is 0.775. The minimum Gasteiger partial charge on any atom is -0.309 e. The fraction of sp³-hybridized carbons (Fsp3) is 0.100. The quantitative estimate of drug-likeness (QED) is 0.468. The van der Waals surface area contributed by atoms with Crippen LogP contribution < -0.4 is 5.32 Å². The second-order valence-corrected chi connectivity index (χ2v) is 7.07. The maximum absolute atomic E-state index is 5.91. The maximum atomic E-state index is 5.91. The van der Waals surface area contributed by atoms with Crippen molar-refractivity contribution in [2.75, 3.05) is 5.32 Å². The smallest absolute Gasteiger partial charge is 0.228 e. The molecule has 0 fully saturated rings. The molecule has 0 unspecified atom stereocenters. The Morgan fingerprint density at radius 3 is 2.77 bits per heavy atom. The summed E-state index contributed by atoms with van der Waals surface area (Å²) >= 11 is 5.91. The van der Waals surface area contributed by atoms with Gasteiger partial charge in [-0.3, -0.25) is 14.1 Å². The summed E-state index contributed by atoms with van der Waals surface area (Å²) in [7, 11) is 1.85. The highest BCUT2D eigenvalue weighted by Gasteiger charge is 2.10. The van der Waals surface area contributed by atoms with Crippen molar-refractivity contribution in [1.29, 1.82) is 0 Å². The molecule has 5 heterocycles. The summed E-state index contributed by atoms with van der Waals surface area (Å²) in [5.41, 5.74) is 3.30. The Morgan fingerprint density at radius 2 is 1.97 bits per heavy atom. The van der Waals surface area contributed by atoms with Crippen molar-refractivity contribution in [3.05, 3.63) is 77.7 Å². The van der Waals surface area contributed by atoms with Gasteiger partial charge >= 0.3 is 0 Å². The summed E-state index contributed by atoms with van der Waals surface area (Å²) in [6.07, 6.45) is 7.55. The van der Waals surface area contributed by atoms with Crippen LogP contribution in [0.1, 0.15) is 11.5 Å². The molecule has 0 saturated heterocycles. The number of aryl methyl sites for hydroxylation is 1. The van der Waals surface area contributed by atoms with Gasteiger partial charge in [0.2, 0.25) is 5.95 Å². The lowest BCUT2D eigenvalue weighted by Gasteiger charge is -2.07. The van der Waals surface area contributed by atoms with Gasteiger partial charge in [0.15, 0.2) is 5.65 Å². The highest BCUT2D eigenvalue weighted by Crippen LogP contribution is 2.21. The zero-order valence-electron chi connectivity index (χ0n) is 15.9. The number of aromatic nitrogens is 8. The van der Waals surface area contributed by atoms with Crippen molar-refractivity contribution in [1.82, 2.24) is 39.3 Å². The number of nitrogens with one attached hydrogen (secondary N) is 1. The molecule has 0 aliphatic heterocycles.